The Balaban J connectivity index is 1.95. The summed E-state index contributed by atoms with van der Waals surface area (Å²) in [4.78, 5) is 22.6. The van der Waals surface area contributed by atoms with Gasteiger partial charge in [0.2, 0.25) is 0 Å². The van der Waals surface area contributed by atoms with Gasteiger partial charge in [0.05, 0.1) is 11.1 Å². The number of hydrogen-bond acceptors (Lipinski definition) is 3. The van der Waals surface area contributed by atoms with Crippen LogP contribution in [0.4, 0.5) is 0 Å². The summed E-state index contributed by atoms with van der Waals surface area (Å²) in [5.74, 6) is -1.03. The van der Waals surface area contributed by atoms with Crippen LogP contribution in [0.1, 0.15) is 31.8 Å². The SMILES string of the molecule is O=C(O)c1ccc(COC(=O)c2ccc(CCl)cc2)cc1. The largest absolute Gasteiger partial charge is 0.478 e. The van der Waals surface area contributed by atoms with Gasteiger partial charge < -0.3 is 9.84 Å². The van der Waals surface area contributed by atoms with Crippen molar-refractivity contribution in [2.24, 2.45) is 0 Å². The zero-order valence-electron chi connectivity index (χ0n) is 11.1. The Morgan fingerprint density at radius 3 is 1.95 bits per heavy atom. The number of esters is 1. The lowest BCUT2D eigenvalue weighted by Crippen LogP contribution is -2.05. The van der Waals surface area contributed by atoms with Crippen LogP contribution in [0.2, 0.25) is 0 Å². The van der Waals surface area contributed by atoms with Crippen molar-refractivity contribution < 1.29 is 19.4 Å². The number of alkyl halides is 1. The average Bonchev–Trinajstić information content (AvgIpc) is 2.53. The molecule has 2 aromatic carbocycles. The third-order valence-electron chi connectivity index (χ3n) is 2.91. The second-order valence-electron chi connectivity index (χ2n) is 4.41. The number of aromatic carboxylic acids is 1. The molecule has 108 valence electrons. The van der Waals surface area contributed by atoms with Crippen LogP contribution < -0.4 is 0 Å². The molecular formula is C16H13ClO4. The van der Waals surface area contributed by atoms with Gasteiger partial charge in [-0.15, -0.1) is 11.6 Å². The number of ether oxygens (including phenoxy) is 1. The number of carboxylic acid groups (broad SMARTS) is 1. The number of benzene rings is 2. The van der Waals surface area contributed by atoms with E-state index in [4.69, 9.17) is 21.4 Å². The molecule has 0 spiro atoms. The molecule has 5 heteroatoms. The maximum atomic E-state index is 11.8. The summed E-state index contributed by atoms with van der Waals surface area (Å²) in [5.41, 5.74) is 2.30. The highest BCUT2D eigenvalue weighted by Gasteiger charge is 2.08. The van der Waals surface area contributed by atoms with E-state index in [0.717, 1.165) is 11.1 Å². The monoisotopic (exact) mass is 304 g/mol. The van der Waals surface area contributed by atoms with Crippen molar-refractivity contribution in [2.45, 2.75) is 12.5 Å². The van der Waals surface area contributed by atoms with E-state index in [1.165, 1.54) is 12.1 Å². The fourth-order valence-corrected chi connectivity index (χ4v) is 1.88. The fourth-order valence-electron chi connectivity index (χ4n) is 1.71. The maximum Gasteiger partial charge on any atom is 0.338 e. The molecule has 0 aliphatic heterocycles. The molecule has 0 saturated heterocycles. The van der Waals surface area contributed by atoms with E-state index in [-0.39, 0.29) is 12.2 Å². The lowest BCUT2D eigenvalue weighted by atomic mass is 10.1. The second-order valence-corrected chi connectivity index (χ2v) is 4.68. The molecule has 0 bridgehead atoms. The zero-order valence-corrected chi connectivity index (χ0v) is 11.8. The summed E-state index contributed by atoms with van der Waals surface area (Å²) in [6, 6.07) is 13.0. The molecule has 0 aliphatic rings. The number of carboxylic acids is 1. The van der Waals surface area contributed by atoms with Gasteiger partial charge in [-0.25, -0.2) is 9.59 Å². The number of halogens is 1. The lowest BCUT2D eigenvalue weighted by Gasteiger charge is -2.06. The van der Waals surface area contributed by atoms with Crippen molar-refractivity contribution in [3.05, 3.63) is 70.8 Å². The van der Waals surface area contributed by atoms with Crippen molar-refractivity contribution in [1.82, 2.24) is 0 Å². The standard InChI is InChI=1S/C16H13ClO4/c17-9-11-1-7-14(8-2-11)16(20)21-10-12-3-5-13(6-4-12)15(18)19/h1-8H,9-10H2,(H,18,19). The summed E-state index contributed by atoms with van der Waals surface area (Å²) < 4.78 is 5.17. The van der Waals surface area contributed by atoms with E-state index in [9.17, 15) is 9.59 Å². The van der Waals surface area contributed by atoms with Crippen molar-refractivity contribution in [1.29, 1.82) is 0 Å². The highest BCUT2D eigenvalue weighted by molar-refractivity contribution is 6.17. The van der Waals surface area contributed by atoms with Crippen LogP contribution in [0, 0.1) is 0 Å². The third kappa shape index (κ3) is 4.07. The van der Waals surface area contributed by atoms with Crippen LogP contribution in [-0.2, 0) is 17.2 Å². The summed E-state index contributed by atoms with van der Waals surface area (Å²) in [5, 5.41) is 8.79. The molecule has 0 aromatic heterocycles. The molecule has 1 N–H and O–H groups in total. The molecule has 2 aromatic rings. The molecule has 0 atom stereocenters. The molecule has 4 nitrogen and oxygen atoms in total. The Hall–Kier alpha value is -2.33. The summed E-state index contributed by atoms with van der Waals surface area (Å²) >= 11 is 5.68. The van der Waals surface area contributed by atoms with Crippen molar-refractivity contribution in [3.63, 3.8) is 0 Å². The predicted octanol–water partition coefficient (Wildman–Crippen LogP) is 3.48. The number of rotatable bonds is 5. The van der Waals surface area contributed by atoms with E-state index >= 15 is 0 Å². The highest BCUT2D eigenvalue weighted by Crippen LogP contribution is 2.10. The molecule has 0 heterocycles. The van der Waals surface area contributed by atoms with Crippen LogP contribution in [0.3, 0.4) is 0 Å². The third-order valence-corrected chi connectivity index (χ3v) is 3.22. The summed E-state index contributed by atoms with van der Waals surface area (Å²) in [6.07, 6.45) is 0. The Morgan fingerprint density at radius 2 is 1.43 bits per heavy atom. The first-order valence-corrected chi connectivity index (χ1v) is 6.78. The van der Waals surface area contributed by atoms with E-state index in [1.807, 2.05) is 0 Å². The topological polar surface area (TPSA) is 63.6 Å². The normalized spacial score (nSPS) is 10.1. The van der Waals surface area contributed by atoms with Crippen molar-refractivity contribution >= 4 is 23.5 Å². The quantitative estimate of drug-likeness (QED) is 0.678. The summed E-state index contributed by atoms with van der Waals surface area (Å²) in [7, 11) is 0. The van der Waals surface area contributed by atoms with Gasteiger partial charge in [-0.1, -0.05) is 24.3 Å². The number of hydrogen-bond donors (Lipinski definition) is 1. The molecular weight excluding hydrogens is 292 g/mol. The average molecular weight is 305 g/mol. The molecule has 0 amide bonds. The van der Waals surface area contributed by atoms with Crippen LogP contribution in [0.5, 0.6) is 0 Å². The summed E-state index contributed by atoms with van der Waals surface area (Å²) in [6.45, 7) is 0.0932. The lowest BCUT2D eigenvalue weighted by molar-refractivity contribution is 0.0472. The van der Waals surface area contributed by atoms with Gasteiger partial charge in [-0.05, 0) is 35.4 Å². The van der Waals surface area contributed by atoms with E-state index in [1.54, 1.807) is 36.4 Å². The molecule has 0 fully saturated rings. The number of carbonyl (C=O) groups is 2. The Bertz CT molecular complexity index is 632. The Kier molecular flexibility index (Phi) is 4.95. The van der Waals surface area contributed by atoms with Crippen molar-refractivity contribution in [2.75, 3.05) is 0 Å². The molecule has 0 radical (unpaired) electrons. The minimum atomic E-state index is -0.988. The van der Waals surface area contributed by atoms with Gasteiger partial charge in [-0.2, -0.15) is 0 Å². The highest BCUT2D eigenvalue weighted by atomic mass is 35.5. The minimum absolute atomic E-state index is 0.0932. The van der Waals surface area contributed by atoms with Crippen LogP contribution in [0.25, 0.3) is 0 Å². The van der Waals surface area contributed by atoms with Crippen LogP contribution >= 0.6 is 11.6 Å². The predicted molar refractivity (Wildman–Crippen MR) is 78.5 cm³/mol. The minimum Gasteiger partial charge on any atom is -0.478 e. The van der Waals surface area contributed by atoms with E-state index in [2.05, 4.69) is 0 Å². The van der Waals surface area contributed by atoms with Gasteiger partial charge in [-0.3, -0.25) is 0 Å². The van der Waals surface area contributed by atoms with Crippen LogP contribution in [0.15, 0.2) is 48.5 Å². The maximum absolute atomic E-state index is 11.8. The first-order chi connectivity index (χ1) is 10.1. The van der Waals surface area contributed by atoms with Gasteiger partial charge >= 0.3 is 11.9 Å². The first-order valence-electron chi connectivity index (χ1n) is 6.24. The fraction of sp³-hybridized carbons (Fsp3) is 0.125. The molecule has 0 unspecified atom stereocenters. The van der Waals surface area contributed by atoms with E-state index < -0.39 is 11.9 Å². The number of carbonyl (C=O) groups excluding carboxylic acids is 1. The smallest absolute Gasteiger partial charge is 0.338 e. The van der Waals surface area contributed by atoms with Gasteiger partial charge in [0.25, 0.3) is 0 Å². The zero-order chi connectivity index (χ0) is 15.2. The molecule has 2 rings (SSSR count). The molecule has 0 saturated carbocycles. The first kappa shape index (κ1) is 15.1. The van der Waals surface area contributed by atoms with E-state index in [0.29, 0.717) is 11.4 Å². The van der Waals surface area contributed by atoms with Gasteiger partial charge in [0, 0.05) is 5.88 Å². The molecule has 21 heavy (non-hydrogen) atoms. The Morgan fingerprint density at radius 1 is 0.905 bits per heavy atom. The van der Waals surface area contributed by atoms with Crippen LogP contribution in [-0.4, -0.2) is 17.0 Å². The molecule has 0 aliphatic carbocycles. The second kappa shape index (κ2) is 6.90. The van der Waals surface area contributed by atoms with Gasteiger partial charge in [0.1, 0.15) is 6.61 Å². The van der Waals surface area contributed by atoms with Gasteiger partial charge in [0.15, 0.2) is 0 Å². The Labute approximate surface area is 126 Å². The van der Waals surface area contributed by atoms with Crippen molar-refractivity contribution in [3.8, 4) is 0 Å².